The number of fused-ring (bicyclic) bond motifs is 1. The van der Waals surface area contributed by atoms with Crippen LogP contribution < -0.4 is 0 Å². The normalized spacial score (nSPS) is 10.8. The lowest BCUT2D eigenvalue weighted by molar-refractivity contribution is -0.133. The molecular weight excluding hydrogens is 294 g/mol. The third kappa shape index (κ3) is 2.53. The van der Waals surface area contributed by atoms with E-state index in [1.807, 2.05) is 22.7 Å². The van der Waals surface area contributed by atoms with Crippen molar-refractivity contribution in [3.05, 3.63) is 28.6 Å². The fourth-order valence-electron chi connectivity index (χ4n) is 1.24. The number of hydrogen-bond donors (Lipinski definition) is 1. The second kappa shape index (κ2) is 4.84. The maximum atomic E-state index is 10.4. The highest BCUT2D eigenvalue weighted by Gasteiger charge is 2.06. The minimum absolute atomic E-state index is 0.0723. The highest BCUT2D eigenvalue weighted by atomic mass is 79.9. The molecule has 5 nitrogen and oxygen atoms in total. The molecule has 0 aliphatic rings. The summed E-state index contributed by atoms with van der Waals surface area (Å²) in [5.74, 6) is 0.537. The molecule has 2 aromatic heterocycles. The Labute approximate surface area is 104 Å². The second-order valence-electron chi connectivity index (χ2n) is 3.08. The zero-order chi connectivity index (χ0) is 11.5. The van der Waals surface area contributed by atoms with Crippen LogP contribution in [0.2, 0.25) is 0 Å². The monoisotopic (exact) mass is 301 g/mol. The number of rotatable bonds is 4. The van der Waals surface area contributed by atoms with Gasteiger partial charge in [-0.05, 0) is 28.1 Å². The Morgan fingerprint density at radius 1 is 1.50 bits per heavy atom. The quantitative estimate of drug-likeness (QED) is 0.933. The molecule has 0 radical (unpaired) electrons. The third-order valence-electron chi connectivity index (χ3n) is 1.89. The van der Waals surface area contributed by atoms with E-state index in [4.69, 9.17) is 5.11 Å². The molecule has 0 aromatic carbocycles. The van der Waals surface area contributed by atoms with Gasteiger partial charge in [0.2, 0.25) is 0 Å². The van der Waals surface area contributed by atoms with Crippen molar-refractivity contribution in [2.75, 3.05) is 5.75 Å². The molecule has 1 N–H and O–H groups in total. The van der Waals surface area contributed by atoms with Crippen LogP contribution in [-0.2, 0) is 10.5 Å². The summed E-state index contributed by atoms with van der Waals surface area (Å²) in [6.07, 6.45) is 1.87. The summed E-state index contributed by atoms with van der Waals surface area (Å²) in [4.78, 5) is 10.4. The topological polar surface area (TPSA) is 67.5 Å². The van der Waals surface area contributed by atoms with Gasteiger partial charge in [0, 0.05) is 10.7 Å². The molecule has 2 rings (SSSR count). The maximum absolute atomic E-state index is 10.4. The Morgan fingerprint density at radius 3 is 3.06 bits per heavy atom. The first-order valence-corrected chi connectivity index (χ1v) is 6.40. The van der Waals surface area contributed by atoms with Gasteiger partial charge in [-0.25, -0.2) is 0 Å². The smallest absolute Gasteiger partial charge is 0.313 e. The molecule has 16 heavy (non-hydrogen) atoms. The minimum atomic E-state index is -0.819. The number of nitrogens with zero attached hydrogens (tertiary/aromatic N) is 3. The van der Waals surface area contributed by atoms with Crippen LogP contribution in [0.3, 0.4) is 0 Å². The Bertz CT molecular complexity index is 528. The Morgan fingerprint density at radius 2 is 2.31 bits per heavy atom. The number of carbonyl (C=O) groups is 1. The Hall–Kier alpha value is -1.08. The highest BCUT2D eigenvalue weighted by molar-refractivity contribution is 9.10. The summed E-state index contributed by atoms with van der Waals surface area (Å²) < 4.78 is 2.78. The van der Waals surface area contributed by atoms with Gasteiger partial charge in [-0.15, -0.1) is 22.0 Å². The molecule has 0 aliphatic carbocycles. The van der Waals surface area contributed by atoms with Crippen LogP contribution in [0.15, 0.2) is 22.8 Å². The van der Waals surface area contributed by atoms with Gasteiger partial charge in [0.05, 0.1) is 11.5 Å². The van der Waals surface area contributed by atoms with E-state index in [9.17, 15) is 4.79 Å². The molecule has 0 fully saturated rings. The van der Waals surface area contributed by atoms with E-state index in [2.05, 4.69) is 26.1 Å². The van der Waals surface area contributed by atoms with Crippen molar-refractivity contribution in [3.63, 3.8) is 0 Å². The highest BCUT2D eigenvalue weighted by Crippen LogP contribution is 2.15. The fraction of sp³-hybridized carbons (Fsp3) is 0.222. The fourth-order valence-corrected chi connectivity index (χ4v) is 2.23. The lowest BCUT2D eigenvalue weighted by atomic mass is 10.5. The van der Waals surface area contributed by atoms with E-state index in [1.165, 1.54) is 11.8 Å². The van der Waals surface area contributed by atoms with Crippen LogP contribution >= 0.6 is 27.7 Å². The molecule has 0 aliphatic heterocycles. The zero-order valence-corrected chi connectivity index (χ0v) is 10.5. The van der Waals surface area contributed by atoms with Gasteiger partial charge in [0.15, 0.2) is 5.65 Å². The largest absolute Gasteiger partial charge is 0.481 e. The molecule has 0 saturated carbocycles. The van der Waals surface area contributed by atoms with Crippen molar-refractivity contribution in [1.29, 1.82) is 0 Å². The van der Waals surface area contributed by atoms with Crippen molar-refractivity contribution in [1.82, 2.24) is 14.6 Å². The van der Waals surface area contributed by atoms with Crippen LogP contribution in [0, 0.1) is 0 Å². The number of carboxylic acid groups (broad SMARTS) is 1. The lowest BCUT2D eigenvalue weighted by Crippen LogP contribution is -2.00. The summed E-state index contributed by atoms with van der Waals surface area (Å²) >= 11 is 4.67. The maximum Gasteiger partial charge on any atom is 0.313 e. The molecule has 7 heteroatoms. The van der Waals surface area contributed by atoms with Crippen LogP contribution in [0.5, 0.6) is 0 Å². The first-order valence-electron chi connectivity index (χ1n) is 4.45. The molecule has 2 aromatic rings. The number of hydrogen-bond acceptors (Lipinski definition) is 4. The zero-order valence-electron chi connectivity index (χ0n) is 8.13. The number of carboxylic acids is 1. The van der Waals surface area contributed by atoms with Crippen LogP contribution in [-0.4, -0.2) is 31.4 Å². The summed E-state index contributed by atoms with van der Waals surface area (Å²) in [5.41, 5.74) is 0.758. The predicted octanol–water partition coefficient (Wildman–Crippen LogP) is 1.81. The molecule has 84 valence electrons. The molecule has 2 heterocycles. The minimum Gasteiger partial charge on any atom is -0.481 e. The first-order chi connectivity index (χ1) is 7.66. The SMILES string of the molecule is O=C(O)CSCc1nnc2ccc(Br)cn12. The number of thioether (sulfide) groups is 1. The van der Waals surface area contributed by atoms with E-state index >= 15 is 0 Å². The molecule has 0 amide bonds. The molecule has 0 saturated heterocycles. The van der Waals surface area contributed by atoms with E-state index in [0.717, 1.165) is 15.9 Å². The van der Waals surface area contributed by atoms with Crippen molar-refractivity contribution in [2.24, 2.45) is 0 Å². The van der Waals surface area contributed by atoms with Crippen LogP contribution in [0.4, 0.5) is 0 Å². The number of pyridine rings is 1. The summed E-state index contributed by atoms with van der Waals surface area (Å²) in [6.45, 7) is 0. The van der Waals surface area contributed by atoms with Gasteiger partial charge in [-0.1, -0.05) is 0 Å². The van der Waals surface area contributed by atoms with Crippen molar-refractivity contribution in [2.45, 2.75) is 5.75 Å². The Balaban J connectivity index is 2.17. The van der Waals surface area contributed by atoms with Gasteiger partial charge in [0.1, 0.15) is 5.82 Å². The third-order valence-corrected chi connectivity index (χ3v) is 3.28. The number of aliphatic carboxylic acids is 1. The molecule has 0 bridgehead atoms. The predicted molar refractivity (Wildman–Crippen MR) is 64.5 cm³/mol. The second-order valence-corrected chi connectivity index (χ2v) is 4.98. The molecule has 0 atom stereocenters. The van der Waals surface area contributed by atoms with E-state index in [-0.39, 0.29) is 5.75 Å². The first kappa shape index (κ1) is 11.4. The molecule has 0 spiro atoms. The van der Waals surface area contributed by atoms with Crippen molar-refractivity contribution in [3.8, 4) is 0 Å². The van der Waals surface area contributed by atoms with Crippen molar-refractivity contribution >= 4 is 39.3 Å². The van der Waals surface area contributed by atoms with Crippen LogP contribution in [0.1, 0.15) is 5.82 Å². The summed E-state index contributed by atoms with van der Waals surface area (Å²) in [5, 5.41) is 16.5. The average Bonchev–Trinajstić information content (AvgIpc) is 2.60. The van der Waals surface area contributed by atoms with Gasteiger partial charge < -0.3 is 5.11 Å². The summed E-state index contributed by atoms with van der Waals surface area (Å²) in [6, 6.07) is 3.74. The van der Waals surface area contributed by atoms with Gasteiger partial charge >= 0.3 is 5.97 Å². The van der Waals surface area contributed by atoms with Crippen LogP contribution in [0.25, 0.3) is 5.65 Å². The number of aromatic nitrogens is 3. The van der Waals surface area contributed by atoms with Gasteiger partial charge in [0.25, 0.3) is 0 Å². The average molecular weight is 302 g/mol. The van der Waals surface area contributed by atoms with E-state index in [1.54, 1.807) is 0 Å². The standard InChI is InChI=1S/C9H8BrN3O2S/c10-6-1-2-7-11-12-8(13(7)3-6)4-16-5-9(14)15/h1-3H,4-5H2,(H,14,15). The van der Waals surface area contributed by atoms with Gasteiger partial charge in [-0.3, -0.25) is 9.20 Å². The van der Waals surface area contributed by atoms with E-state index < -0.39 is 5.97 Å². The van der Waals surface area contributed by atoms with E-state index in [0.29, 0.717) is 5.75 Å². The lowest BCUT2D eigenvalue weighted by Gasteiger charge is -1.99. The summed E-state index contributed by atoms with van der Waals surface area (Å²) in [7, 11) is 0. The molecular formula is C9H8BrN3O2S. The number of halogens is 1. The van der Waals surface area contributed by atoms with Gasteiger partial charge in [-0.2, -0.15) is 0 Å². The molecule has 0 unspecified atom stereocenters. The van der Waals surface area contributed by atoms with Crippen molar-refractivity contribution < 1.29 is 9.90 Å². The Kier molecular flexibility index (Phi) is 3.45.